The molecule has 2 N–H and O–H groups in total. The fourth-order valence-corrected chi connectivity index (χ4v) is 4.37. The molecule has 14 nitrogen and oxygen atoms in total. The minimum absolute atomic E-state index is 0.0643. The van der Waals surface area contributed by atoms with Crippen LogP contribution < -0.4 is 10.7 Å². The standard InChI is InChI=1S/C25H22N6O8S/c1-16(18-8-5-9-20(10-18)29(34)35)27-28-25(33)23(15-40-14-17-6-3-2-4-7-17)26-24(32)19-11-21(30(36)37)13-22(12-19)31(38)39/h2-13,23H,14-15H2,1H3,(H,26,32)(H,28,33)/b27-16-/t23-/m1/s1. The summed E-state index contributed by atoms with van der Waals surface area (Å²) in [5.41, 5.74) is 2.09. The normalized spacial score (nSPS) is 11.8. The van der Waals surface area contributed by atoms with E-state index in [2.05, 4.69) is 15.8 Å². The number of nitro groups is 3. The first-order chi connectivity index (χ1) is 19.0. The zero-order valence-corrected chi connectivity index (χ0v) is 21.7. The van der Waals surface area contributed by atoms with Crippen molar-refractivity contribution in [1.29, 1.82) is 0 Å². The van der Waals surface area contributed by atoms with Crippen molar-refractivity contribution in [1.82, 2.24) is 10.7 Å². The maximum Gasteiger partial charge on any atom is 0.277 e. The molecule has 3 rings (SSSR count). The van der Waals surface area contributed by atoms with E-state index in [1.807, 2.05) is 30.3 Å². The Labute approximate surface area is 230 Å². The van der Waals surface area contributed by atoms with Crippen LogP contribution in [0.3, 0.4) is 0 Å². The van der Waals surface area contributed by atoms with Crippen LogP contribution in [-0.4, -0.2) is 44.1 Å². The van der Waals surface area contributed by atoms with E-state index >= 15 is 0 Å². The number of nitrogens with zero attached hydrogens (tertiary/aromatic N) is 4. The second-order valence-corrected chi connectivity index (χ2v) is 9.29. The molecule has 0 saturated carbocycles. The largest absolute Gasteiger partial charge is 0.339 e. The molecule has 0 fully saturated rings. The molecule has 1 atom stereocenters. The van der Waals surface area contributed by atoms with Crippen molar-refractivity contribution in [2.75, 3.05) is 5.75 Å². The van der Waals surface area contributed by atoms with Crippen molar-refractivity contribution in [2.24, 2.45) is 5.10 Å². The summed E-state index contributed by atoms with van der Waals surface area (Å²) < 4.78 is 0. The molecule has 0 bridgehead atoms. The van der Waals surface area contributed by atoms with Crippen molar-refractivity contribution in [3.05, 3.63) is 120 Å². The van der Waals surface area contributed by atoms with Gasteiger partial charge in [-0.25, -0.2) is 5.43 Å². The van der Waals surface area contributed by atoms with E-state index in [1.165, 1.54) is 36.9 Å². The molecule has 0 radical (unpaired) electrons. The van der Waals surface area contributed by atoms with Gasteiger partial charge in [-0.1, -0.05) is 42.5 Å². The molecular formula is C25H22N6O8S. The Bertz CT molecular complexity index is 1450. The number of carbonyl (C=O) groups excluding carboxylic acids is 2. The fourth-order valence-electron chi connectivity index (χ4n) is 3.36. The maximum atomic E-state index is 13.0. The molecule has 0 aliphatic carbocycles. The van der Waals surface area contributed by atoms with Crippen LogP contribution in [0.2, 0.25) is 0 Å². The lowest BCUT2D eigenvalue weighted by atomic mass is 10.1. The van der Waals surface area contributed by atoms with Gasteiger partial charge < -0.3 is 5.32 Å². The second-order valence-electron chi connectivity index (χ2n) is 8.26. The predicted molar refractivity (Wildman–Crippen MR) is 147 cm³/mol. The summed E-state index contributed by atoms with van der Waals surface area (Å²) in [4.78, 5) is 57.2. The maximum absolute atomic E-state index is 13.0. The molecule has 0 aromatic heterocycles. The van der Waals surface area contributed by atoms with Crippen LogP contribution in [0.5, 0.6) is 0 Å². The summed E-state index contributed by atoms with van der Waals surface area (Å²) in [7, 11) is 0. The summed E-state index contributed by atoms with van der Waals surface area (Å²) in [6.07, 6.45) is 0. The highest BCUT2D eigenvalue weighted by molar-refractivity contribution is 7.98. The lowest BCUT2D eigenvalue weighted by Gasteiger charge is -2.17. The average Bonchev–Trinajstić information content (AvgIpc) is 2.95. The van der Waals surface area contributed by atoms with E-state index in [0.717, 1.165) is 23.8 Å². The predicted octanol–water partition coefficient (Wildman–Crippen LogP) is 3.98. The number of rotatable bonds is 12. The van der Waals surface area contributed by atoms with Crippen molar-refractivity contribution in [3.8, 4) is 0 Å². The van der Waals surface area contributed by atoms with E-state index in [4.69, 9.17) is 0 Å². The first kappa shape index (κ1) is 29.4. The molecule has 3 aromatic rings. The first-order valence-electron chi connectivity index (χ1n) is 11.5. The van der Waals surface area contributed by atoms with E-state index in [0.29, 0.717) is 11.3 Å². The molecule has 0 aliphatic heterocycles. The molecule has 0 unspecified atom stereocenters. The third kappa shape index (κ3) is 8.16. The van der Waals surface area contributed by atoms with Gasteiger partial charge >= 0.3 is 0 Å². The van der Waals surface area contributed by atoms with Crippen LogP contribution in [0.25, 0.3) is 0 Å². The Morgan fingerprint density at radius 1 is 0.825 bits per heavy atom. The molecular weight excluding hydrogens is 544 g/mol. The van der Waals surface area contributed by atoms with E-state index < -0.39 is 44.0 Å². The first-order valence-corrected chi connectivity index (χ1v) is 12.7. The molecule has 0 heterocycles. The summed E-state index contributed by atoms with van der Waals surface area (Å²) in [6, 6.07) is 16.2. The molecule has 206 valence electrons. The Morgan fingerprint density at radius 3 is 2.02 bits per heavy atom. The zero-order valence-electron chi connectivity index (χ0n) is 20.9. The van der Waals surface area contributed by atoms with Gasteiger partial charge in [0.25, 0.3) is 28.9 Å². The van der Waals surface area contributed by atoms with Crippen LogP contribution in [-0.2, 0) is 10.5 Å². The quantitative estimate of drug-likeness (QED) is 0.185. The van der Waals surface area contributed by atoms with Gasteiger partial charge in [0.05, 0.1) is 32.1 Å². The Hall–Kier alpha value is -5.18. The Morgan fingerprint density at radius 2 is 1.43 bits per heavy atom. The van der Waals surface area contributed by atoms with Crippen LogP contribution >= 0.6 is 11.8 Å². The fraction of sp³-hybridized carbons (Fsp3) is 0.160. The van der Waals surface area contributed by atoms with Gasteiger partial charge in [0.2, 0.25) is 0 Å². The Balaban J connectivity index is 1.81. The van der Waals surface area contributed by atoms with Crippen molar-refractivity contribution in [2.45, 2.75) is 18.7 Å². The number of nitrogens with one attached hydrogen (secondary N) is 2. The van der Waals surface area contributed by atoms with Gasteiger partial charge in [-0.15, -0.1) is 0 Å². The Kier molecular flexibility index (Phi) is 9.96. The summed E-state index contributed by atoms with van der Waals surface area (Å²) >= 11 is 1.32. The van der Waals surface area contributed by atoms with E-state index in [9.17, 15) is 39.9 Å². The summed E-state index contributed by atoms with van der Waals surface area (Å²) in [5, 5.41) is 39.9. The topological polar surface area (TPSA) is 200 Å². The third-order valence-electron chi connectivity index (χ3n) is 5.41. The molecule has 15 heteroatoms. The number of non-ortho nitro benzene ring substituents is 3. The number of hydrazone groups is 1. The highest BCUT2D eigenvalue weighted by Crippen LogP contribution is 2.23. The highest BCUT2D eigenvalue weighted by atomic mass is 32.2. The van der Waals surface area contributed by atoms with Gasteiger partial charge in [0, 0.05) is 41.3 Å². The zero-order chi connectivity index (χ0) is 29.2. The highest BCUT2D eigenvalue weighted by Gasteiger charge is 2.25. The molecule has 40 heavy (non-hydrogen) atoms. The monoisotopic (exact) mass is 566 g/mol. The van der Waals surface area contributed by atoms with E-state index in [-0.39, 0.29) is 22.7 Å². The van der Waals surface area contributed by atoms with Crippen LogP contribution in [0.1, 0.15) is 28.4 Å². The number of hydrogen-bond donors (Lipinski definition) is 2. The van der Waals surface area contributed by atoms with Crippen molar-refractivity contribution >= 4 is 46.4 Å². The van der Waals surface area contributed by atoms with E-state index in [1.54, 1.807) is 6.07 Å². The van der Waals surface area contributed by atoms with Crippen molar-refractivity contribution < 1.29 is 24.4 Å². The summed E-state index contributed by atoms with van der Waals surface area (Å²) in [6.45, 7) is 1.53. The molecule has 3 aromatic carbocycles. The number of thioether (sulfide) groups is 1. The van der Waals surface area contributed by atoms with Gasteiger partial charge in [-0.3, -0.25) is 39.9 Å². The van der Waals surface area contributed by atoms with Crippen LogP contribution in [0, 0.1) is 30.3 Å². The lowest BCUT2D eigenvalue weighted by Crippen LogP contribution is -2.47. The number of hydrogen-bond acceptors (Lipinski definition) is 10. The number of nitro benzene ring substituents is 3. The minimum atomic E-state index is -1.19. The lowest BCUT2D eigenvalue weighted by molar-refractivity contribution is -0.394. The van der Waals surface area contributed by atoms with Gasteiger partial charge in [0.15, 0.2) is 0 Å². The van der Waals surface area contributed by atoms with Crippen LogP contribution in [0.15, 0.2) is 77.9 Å². The molecule has 0 saturated heterocycles. The smallest absolute Gasteiger partial charge is 0.277 e. The van der Waals surface area contributed by atoms with Gasteiger partial charge in [-0.2, -0.15) is 16.9 Å². The number of benzene rings is 3. The van der Waals surface area contributed by atoms with Gasteiger partial charge in [-0.05, 0) is 12.5 Å². The molecule has 0 spiro atoms. The second kappa shape index (κ2) is 13.6. The third-order valence-corrected chi connectivity index (χ3v) is 6.52. The minimum Gasteiger partial charge on any atom is -0.339 e. The summed E-state index contributed by atoms with van der Waals surface area (Å²) in [5.74, 6) is -1.11. The average molecular weight is 567 g/mol. The van der Waals surface area contributed by atoms with Crippen molar-refractivity contribution in [3.63, 3.8) is 0 Å². The molecule has 2 amide bonds. The van der Waals surface area contributed by atoms with Gasteiger partial charge in [0.1, 0.15) is 6.04 Å². The number of amides is 2. The SMILES string of the molecule is C/C(=N/NC(=O)[C@@H](CSCc1ccccc1)NC(=O)c1cc([N+](=O)[O-])cc([N+](=O)[O-])c1)c1cccc([N+](=O)[O-])c1. The molecule has 0 aliphatic rings. The van der Waals surface area contributed by atoms with Crippen LogP contribution in [0.4, 0.5) is 17.1 Å². The number of carbonyl (C=O) groups is 2.